The lowest BCUT2D eigenvalue weighted by atomic mass is 9.87. The van der Waals surface area contributed by atoms with Crippen LogP contribution < -0.4 is 10.1 Å². The van der Waals surface area contributed by atoms with E-state index in [1.165, 1.54) is 24.0 Å². The number of hydrogen-bond acceptors (Lipinski definition) is 3. The first kappa shape index (κ1) is 13.9. The van der Waals surface area contributed by atoms with Crippen LogP contribution in [0.15, 0.2) is 18.2 Å². The Morgan fingerprint density at radius 2 is 2.20 bits per heavy atom. The van der Waals surface area contributed by atoms with Gasteiger partial charge in [0.15, 0.2) is 0 Å². The molecule has 1 saturated heterocycles. The zero-order chi connectivity index (χ0) is 14.2. The molecule has 0 aliphatic carbocycles. The Balaban J connectivity index is 1.83. The topological polar surface area (TPSA) is 30.5 Å². The third kappa shape index (κ3) is 2.70. The Hall–Kier alpha value is -1.06. The molecule has 2 unspecified atom stereocenters. The highest BCUT2D eigenvalue weighted by atomic mass is 16.5. The first-order valence-electron chi connectivity index (χ1n) is 7.66. The predicted molar refractivity (Wildman–Crippen MR) is 80.2 cm³/mol. The van der Waals surface area contributed by atoms with Crippen LogP contribution in [0.5, 0.6) is 5.75 Å². The van der Waals surface area contributed by atoms with Gasteiger partial charge in [0.2, 0.25) is 0 Å². The van der Waals surface area contributed by atoms with Crippen molar-refractivity contribution in [3.8, 4) is 5.75 Å². The molecular formula is C17H25NO2. The van der Waals surface area contributed by atoms with Crippen molar-refractivity contribution in [1.82, 2.24) is 5.32 Å². The van der Waals surface area contributed by atoms with Gasteiger partial charge in [0, 0.05) is 25.0 Å². The summed E-state index contributed by atoms with van der Waals surface area (Å²) in [7, 11) is 2.05. The maximum absolute atomic E-state index is 5.96. The van der Waals surface area contributed by atoms with Gasteiger partial charge in [-0.15, -0.1) is 0 Å². The van der Waals surface area contributed by atoms with Crippen LogP contribution in [0, 0.1) is 5.92 Å². The van der Waals surface area contributed by atoms with Gasteiger partial charge in [-0.25, -0.2) is 0 Å². The fourth-order valence-electron chi connectivity index (χ4n) is 3.53. The third-order valence-electron chi connectivity index (χ3n) is 4.42. The molecule has 1 N–H and O–H groups in total. The normalized spacial score (nSPS) is 25.9. The van der Waals surface area contributed by atoms with Gasteiger partial charge in [0.25, 0.3) is 0 Å². The summed E-state index contributed by atoms with van der Waals surface area (Å²) in [5.41, 5.74) is 2.64. The number of benzene rings is 1. The molecule has 0 aromatic heterocycles. The van der Waals surface area contributed by atoms with E-state index in [4.69, 9.17) is 9.47 Å². The Kier molecular flexibility index (Phi) is 3.74. The van der Waals surface area contributed by atoms with Crippen LogP contribution in [-0.2, 0) is 11.2 Å². The van der Waals surface area contributed by atoms with Crippen molar-refractivity contribution in [3.05, 3.63) is 29.3 Å². The number of hydrogen-bond donors (Lipinski definition) is 1. The average Bonchev–Trinajstić information content (AvgIpc) is 2.74. The summed E-state index contributed by atoms with van der Waals surface area (Å²) in [6.07, 6.45) is 3.41. The molecule has 1 fully saturated rings. The van der Waals surface area contributed by atoms with Crippen LogP contribution in [0.25, 0.3) is 0 Å². The molecule has 20 heavy (non-hydrogen) atoms. The molecule has 3 rings (SSSR count). The van der Waals surface area contributed by atoms with Gasteiger partial charge in [-0.2, -0.15) is 0 Å². The van der Waals surface area contributed by atoms with E-state index >= 15 is 0 Å². The lowest BCUT2D eigenvalue weighted by Gasteiger charge is -2.30. The van der Waals surface area contributed by atoms with Gasteiger partial charge < -0.3 is 14.8 Å². The largest absolute Gasteiger partial charge is 0.487 e. The van der Waals surface area contributed by atoms with E-state index in [2.05, 4.69) is 37.4 Å². The second-order valence-corrected chi connectivity index (χ2v) is 6.65. The number of nitrogens with one attached hydrogen (secondary N) is 1. The zero-order valence-corrected chi connectivity index (χ0v) is 12.7. The Bertz CT molecular complexity index is 478. The Morgan fingerprint density at radius 3 is 2.90 bits per heavy atom. The predicted octanol–water partition coefficient (Wildman–Crippen LogP) is 3.09. The van der Waals surface area contributed by atoms with E-state index in [-0.39, 0.29) is 5.60 Å². The summed E-state index contributed by atoms with van der Waals surface area (Å²) < 4.78 is 11.6. The van der Waals surface area contributed by atoms with Crippen molar-refractivity contribution < 1.29 is 9.47 Å². The average molecular weight is 275 g/mol. The minimum atomic E-state index is -0.0654. The monoisotopic (exact) mass is 275 g/mol. The molecule has 1 aromatic carbocycles. The molecule has 0 amide bonds. The van der Waals surface area contributed by atoms with Crippen molar-refractivity contribution in [2.24, 2.45) is 5.92 Å². The van der Waals surface area contributed by atoms with E-state index in [1.807, 2.05) is 7.05 Å². The SMILES string of the molecule is CNC(c1ccc2c(c1)CC(C)(C)O2)C1CCCOC1. The summed E-state index contributed by atoms with van der Waals surface area (Å²) in [5.74, 6) is 1.62. The fourth-order valence-corrected chi connectivity index (χ4v) is 3.53. The first-order chi connectivity index (χ1) is 9.59. The molecule has 3 nitrogen and oxygen atoms in total. The van der Waals surface area contributed by atoms with Gasteiger partial charge in [0.05, 0.1) is 6.61 Å². The summed E-state index contributed by atoms with van der Waals surface area (Å²) in [6.45, 7) is 6.08. The van der Waals surface area contributed by atoms with Crippen LogP contribution in [-0.4, -0.2) is 25.9 Å². The lowest BCUT2D eigenvalue weighted by molar-refractivity contribution is 0.0402. The molecule has 0 radical (unpaired) electrons. The maximum Gasteiger partial charge on any atom is 0.123 e. The Labute approximate surface area is 121 Å². The van der Waals surface area contributed by atoms with Crippen LogP contribution in [0.3, 0.4) is 0 Å². The van der Waals surface area contributed by atoms with Gasteiger partial charge in [-0.3, -0.25) is 0 Å². The first-order valence-corrected chi connectivity index (χ1v) is 7.66. The molecule has 2 heterocycles. The van der Waals surface area contributed by atoms with Gasteiger partial charge in [-0.1, -0.05) is 12.1 Å². The number of ether oxygens (including phenoxy) is 2. The standard InChI is InChI=1S/C17H25NO2/c1-17(2)10-14-9-12(6-7-15(14)20-17)16(18-3)13-5-4-8-19-11-13/h6-7,9,13,16,18H,4-5,8,10-11H2,1-3H3. The van der Waals surface area contributed by atoms with Crippen molar-refractivity contribution >= 4 is 0 Å². The highest BCUT2D eigenvalue weighted by Gasteiger charge is 2.31. The van der Waals surface area contributed by atoms with Crippen molar-refractivity contribution in [3.63, 3.8) is 0 Å². The summed E-state index contributed by atoms with van der Waals surface area (Å²) in [5, 5.41) is 3.48. The van der Waals surface area contributed by atoms with E-state index in [1.54, 1.807) is 0 Å². The van der Waals surface area contributed by atoms with Crippen molar-refractivity contribution in [2.75, 3.05) is 20.3 Å². The summed E-state index contributed by atoms with van der Waals surface area (Å²) >= 11 is 0. The molecule has 0 bridgehead atoms. The quantitative estimate of drug-likeness (QED) is 0.919. The highest BCUT2D eigenvalue weighted by molar-refractivity contribution is 5.42. The molecule has 0 saturated carbocycles. The van der Waals surface area contributed by atoms with E-state index in [0.717, 1.165) is 25.4 Å². The number of fused-ring (bicyclic) bond motifs is 1. The highest BCUT2D eigenvalue weighted by Crippen LogP contribution is 2.38. The number of rotatable bonds is 3. The molecule has 110 valence electrons. The second kappa shape index (κ2) is 5.38. The second-order valence-electron chi connectivity index (χ2n) is 6.65. The molecule has 3 heteroatoms. The van der Waals surface area contributed by atoms with Gasteiger partial charge in [0.1, 0.15) is 11.4 Å². The van der Waals surface area contributed by atoms with Crippen molar-refractivity contribution in [2.45, 2.75) is 44.8 Å². The van der Waals surface area contributed by atoms with E-state index < -0.39 is 0 Å². The third-order valence-corrected chi connectivity index (χ3v) is 4.42. The maximum atomic E-state index is 5.96. The Morgan fingerprint density at radius 1 is 1.35 bits per heavy atom. The van der Waals surface area contributed by atoms with Crippen molar-refractivity contribution in [1.29, 1.82) is 0 Å². The van der Waals surface area contributed by atoms with Crippen LogP contribution >= 0.6 is 0 Å². The fraction of sp³-hybridized carbons (Fsp3) is 0.647. The smallest absolute Gasteiger partial charge is 0.123 e. The van der Waals surface area contributed by atoms with Gasteiger partial charge >= 0.3 is 0 Å². The summed E-state index contributed by atoms with van der Waals surface area (Å²) in [4.78, 5) is 0. The zero-order valence-electron chi connectivity index (χ0n) is 12.7. The van der Waals surface area contributed by atoms with E-state index in [9.17, 15) is 0 Å². The molecular weight excluding hydrogens is 250 g/mol. The minimum Gasteiger partial charge on any atom is -0.487 e. The van der Waals surface area contributed by atoms with Gasteiger partial charge in [-0.05, 0) is 50.9 Å². The molecule has 2 aliphatic heterocycles. The minimum absolute atomic E-state index is 0.0654. The molecule has 0 spiro atoms. The lowest BCUT2D eigenvalue weighted by Crippen LogP contribution is -2.31. The van der Waals surface area contributed by atoms with E-state index in [0.29, 0.717) is 12.0 Å². The summed E-state index contributed by atoms with van der Waals surface area (Å²) in [6, 6.07) is 7.04. The van der Waals surface area contributed by atoms with Crippen LogP contribution in [0.4, 0.5) is 0 Å². The molecule has 2 atom stereocenters. The van der Waals surface area contributed by atoms with Crippen LogP contribution in [0.2, 0.25) is 0 Å². The molecule has 2 aliphatic rings. The van der Waals surface area contributed by atoms with Crippen LogP contribution in [0.1, 0.15) is 43.9 Å². The molecule has 1 aromatic rings.